The first-order valence-electron chi connectivity index (χ1n) is 5.67. The third-order valence-electron chi connectivity index (χ3n) is 3.92. The van der Waals surface area contributed by atoms with Crippen LogP contribution in [0.15, 0.2) is 24.3 Å². The van der Waals surface area contributed by atoms with E-state index in [0.717, 1.165) is 22.4 Å². The lowest BCUT2D eigenvalue weighted by Crippen LogP contribution is -2.10. The Morgan fingerprint density at radius 2 is 1.93 bits per heavy atom. The van der Waals surface area contributed by atoms with Gasteiger partial charge in [-0.05, 0) is 54.7 Å². The van der Waals surface area contributed by atoms with Crippen LogP contribution < -0.4 is 0 Å². The molecule has 0 bridgehead atoms. The van der Waals surface area contributed by atoms with Crippen LogP contribution in [-0.4, -0.2) is 5.11 Å². The van der Waals surface area contributed by atoms with E-state index in [2.05, 4.69) is 0 Å². The molecule has 3 unspecified atom stereocenters. The minimum atomic E-state index is -0.309. The Kier molecular flexibility index (Phi) is 2.26. The maximum atomic E-state index is 10.2. The fraction of sp³-hybridized carbons (Fsp3) is 0.538. The predicted molar refractivity (Wildman–Crippen MR) is 60.7 cm³/mol. The first-order valence-corrected chi connectivity index (χ1v) is 6.05. The van der Waals surface area contributed by atoms with Crippen LogP contribution in [0.3, 0.4) is 0 Å². The summed E-state index contributed by atoms with van der Waals surface area (Å²) in [5.41, 5.74) is 0.980. The van der Waals surface area contributed by atoms with E-state index in [1.165, 1.54) is 19.3 Å². The average molecular weight is 223 g/mol. The van der Waals surface area contributed by atoms with Gasteiger partial charge in [0.1, 0.15) is 0 Å². The average Bonchev–Trinajstić information content (AvgIpc) is 2.85. The van der Waals surface area contributed by atoms with Crippen molar-refractivity contribution < 1.29 is 5.11 Å². The summed E-state index contributed by atoms with van der Waals surface area (Å²) in [6.45, 7) is 0. The second kappa shape index (κ2) is 3.50. The first-order chi connectivity index (χ1) is 7.24. The molecule has 0 radical (unpaired) electrons. The van der Waals surface area contributed by atoms with Gasteiger partial charge in [-0.25, -0.2) is 0 Å². The van der Waals surface area contributed by atoms with E-state index in [4.69, 9.17) is 11.6 Å². The highest BCUT2D eigenvalue weighted by Gasteiger charge is 2.47. The van der Waals surface area contributed by atoms with Crippen LogP contribution in [0.25, 0.3) is 0 Å². The zero-order valence-electron chi connectivity index (χ0n) is 8.57. The fourth-order valence-electron chi connectivity index (χ4n) is 2.98. The molecule has 3 atom stereocenters. The zero-order chi connectivity index (χ0) is 10.4. The third-order valence-corrected chi connectivity index (χ3v) is 4.15. The molecule has 0 heterocycles. The number of fused-ring (bicyclic) bond motifs is 1. The van der Waals surface area contributed by atoms with Crippen LogP contribution in [0.5, 0.6) is 0 Å². The normalized spacial score (nSPS) is 34.9. The molecule has 1 nitrogen and oxygen atoms in total. The van der Waals surface area contributed by atoms with Gasteiger partial charge in [0, 0.05) is 5.02 Å². The molecule has 0 spiro atoms. The van der Waals surface area contributed by atoms with Crippen molar-refractivity contribution in [3.63, 3.8) is 0 Å². The lowest BCUT2D eigenvalue weighted by molar-refractivity contribution is 0.104. The van der Waals surface area contributed by atoms with Gasteiger partial charge in [0.05, 0.1) is 6.10 Å². The van der Waals surface area contributed by atoms with Crippen LogP contribution in [0.2, 0.25) is 5.02 Å². The van der Waals surface area contributed by atoms with E-state index in [9.17, 15) is 5.11 Å². The quantitative estimate of drug-likeness (QED) is 0.813. The molecule has 2 fully saturated rings. The van der Waals surface area contributed by atoms with Crippen LogP contribution in [0.4, 0.5) is 0 Å². The Morgan fingerprint density at radius 1 is 1.20 bits per heavy atom. The van der Waals surface area contributed by atoms with Gasteiger partial charge in [-0.2, -0.15) is 0 Å². The third kappa shape index (κ3) is 1.79. The molecule has 1 aromatic carbocycles. The van der Waals surface area contributed by atoms with Crippen molar-refractivity contribution in [3.8, 4) is 0 Å². The summed E-state index contributed by atoms with van der Waals surface area (Å²) < 4.78 is 0. The van der Waals surface area contributed by atoms with Crippen LogP contribution in [0, 0.1) is 17.8 Å². The number of hydrogen-bond acceptors (Lipinski definition) is 1. The summed E-state index contributed by atoms with van der Waals surface area (Å²) >= 11 is 5.92. The highest BCUT2D eigenvalue weighted by atomic mass is 35.5. The van der Waals surface area contributed by atoms with E-state index in [0.29, 0.717) is 5.92 Å². The number of aliphatic hydroxyl groups is 1. The summed E-state index contributed by atoms with van der Waals surface area (Å²) in [7, 11) is 0. The Labute approximate surface area is 95.1 Å². The summed E-state index contributed by atoms with van der Waals surface area (Å²) in [5.74, 6) is 2.31. The van der Waals surface area contributed by atoms with E-state index in [1.54, 1.807) is 0 Å². The highest BCUT2D eigenvalue weighted by Crippen LogP contribution is 2.57. The molecule has 2 heteroatoms. The smallest absolute Gasteiger partial charge is 0.0818 e. The number of benzene rings is 1. The second-order valence-electron chi connectivity index (χ2n) is 4.99. The maximum absolute atomic E-state index is 10.2. The molecule has 2 aliphatic rings. The van der Waals surface area contributed by atoms with Gasteiger partial charge in [0.15, 0.2) is 0 Å². The topological polar surface area (TPSA) is 20.2 Å². The molecule has 1 N–H and O–H groups in total. The number of aliphatic hydroxyl groups excluding tert-OH is 1. The Bertz CT molecular complexity index is 367. The molecule has 1 aromatic rings. The van der Waals surface area contributed by atoms with Crippen molar-refractivity contribution in [3.05, 3.63) is 34.9 Å². The van der Waals surface area contributed by atoms with Gasteiger partial charge in [-0.3, -0.25) is 0 Å². The molecule has 80 valence electrons. The molecule has 0 saturated heterocycles. The lowest BCUT2D eigenvalue weighted by atomic mass is 9.92. The molecular weight excluding hydrogens is 208 g/mol. The largest absolute Gasteiger partial charge is 0.388 e. The van der Waals surface area contributed by atoms with E-state index >= 15 is 0 Å². The van der Waals surface area contributed by atoms with Crippen molar-refractivity contribution in [1.29, 1.82) is 0 Å². The van der Waals surface area contributed by atoms with Crippen LogP contribution in [0.1, 0.15) is 30.9 Å². The zero-order valence-corrected chi connectivity index (χ0v) is 9.32. The van der Waals surface area contributed by atoms with Crippen LogP contribution >= 0.6 is 11.6 Å². The summed E-state index contributed by atoms with van der Waals surface area (Å²) in [5, 5.41) is 10.9. The molecule has 2 aliphatic carbocycles. The van der Waals surface area contributed by atoms with E-state index in [-0.39, 0.29) is 6.10 Å². The Morgan fingerprint density at radius 3 is 2.60 bits per heavy atom. The molecular formula is C13H15ClO. The van der Waals surface area contributed by atoms with Gasteiger partial charge >= 0.3 is 0 Å². The molecule has 0 amide bonds. The molecule has 3 rings (SSSR count). The Hall–Kier alpha value is -0.530. The fourth-order valence-corrected chi connectivity index (χ4v) is 3.18. The van der Waals surface area contributed by atoms with E-state index in [1.807, 2.05) is 24.3 Å². The van der Waals surface area contributed by atoms with Crippen molar-refractivity contribution in [2.75, 3.05) is 0 Å². The van der Waals surface area contributed by atoms with Gasteiger partial charge in [-0.1, -0.05) is 23.7 Å². The second-order valence-corrected chi connectivity index (χ2v) is 5.42. The van der Waals surface area contributed by atoms with Crippen molar-refractivity contribution in [2.45, 2.75) is 25.4 Å². The number of rotatable bonds is 2. The van der Waals surface area contributed by atoms with Crippen molar-refractivity contribution >= 4 is 11.6 Å². The maximum Gasteiger partial charge on any atom is 0.0818 e. The molecule has 2 saturated carbocycles. The molecule has 0 aliphatic heterocycles. The van der Waals surface area contributed by atoms with Gasteiger partial charge in [0.25, 0.3) is 0 Å². The summed E-state index contributed by atoms with van der Waals surface area (Å²) in [6.07, 6.45) is 3.51. The first kappa shape index (κ1) is 9.68. The number of halogens is 1. The Balaban J connectivity index is 1.76. The lowest BCUT2D eigenvalue weighted by Gasteiger charge is -2.19. The molecule has 15 heavy (non-hydrogen) atoms. The minimum Gasteiger partial charge on any atom is -0.388 e. The van der Waals surface area contributed by atoms with Gasteiger partial charge in [0.2, 0.25) is 0 Å². The highest BCUT2D eigenvalue weighted by molar-refractivity contribution is 6.30. The number of hydrogen-bond donors (Lipinski definition) is 1. The minimum absolute atomic E-state index is 0.309. The van der Waals surface area contributed by atoms with E-state index < -0.39 is 0 Å². The monoisotopic (exact) mass is 222 g/mol. The van der Waals surface area contributed by atoms with Gasteiger partial charge < -0.3 is 5.11 Å². The standard InChI is InChI=1S/C13H15ClO/c14-12-3-1-2-8(7-12)13(15)11-5-9-4-10(9)6-11/h1-3,7,9-11,13,15H,4-6H2. The summed E-state index contributed by atoms with van der Waals surface area (Å²) in [4.78, 5) is 0. The summed E-state index contributed by atoms with van der Waals surface area (Å²) in [6, 6.07) is 7.62. The molecule has 0 aromatic heterocycles. The SMILES string of the molecule is OC(c1cccc(Cl)c1)C1CC2CC2C1. The van der Waals surface area contributed by atoms with Gasteiger partial charge in [-0.15, -0.1) is 0 Å². The van der Waals surface area contributed by atoms with Crippen LogP contribution in [-0.2, 0) is 0 Å². The van der Waals surface area contributed by atoms with Crippen molar-refractivity contribution in [2.24, 2.45) is 17.8 Å². The van der Waals surface area contributed by atoms with Crippen molar-refractivity contribution in [1.82, 2.24) is 0 Å². The predicted octanol–water partition coefficient (Wildman–Crippen LogP) is 3.42.